The average Bonchev–Trinajstić information content (AvgIpc) is 1.87. The number of allylic oxidation sites excluding steroid dienone is 1. The summed E-state index contributed by atoms with van der Waals surface area (Å²) in [5.41, 5.74) is 1.16. The second-order valence-electron chi connectivity index (χ2n) is 3.26. The van der Waals surface area contributed by atoms with E-state index >= 15 is 0 Å². The SMILES string of the molecule is CC(C)=CCO.CC(C)CC=O. The zero-order valence-corrected chi connectivity index (χ0v) is 8.50. The van der Waals surface area contributed by atoms with Crippen molar-refractivity contribution < 1.29 is 9.90 Å². The fourth-order valence-corrected chi connectivity index (χ4v) is 0.375. The van der Waals surface area contributed by atoms with Crippen molar-refractivity contribution in [1.82, 2.24) is 0 Å². The van der Waals surface area contributed by atoms with Gasteiger partial charge in [0.05, 0.1) is 6.61 Å². The van der Waals surface area contributed by atoms with Gasteiger partial charge in [-0.1, -0.05) is 25.5 Å². The number of hydrogen-bond donors (Lipinski definition) is 1. The molecule has 0 aromatic heterocycles. The predicted octanol–water partition coefficient (Wildman–Crippen LogP) is 2.18. The number of aliphatic hydroxyl groups is 1. The molecule has 0 heterocycles. The second kappa shape index (κ2) is 10.4. The molecule has 1 N–H and O–H groups in total. The summed E-state index contributed by atoms with van der Waals surface area (Å²) in [5.74, 6) is 0.530. The highest BCUT2D eigenvalue weighted by molar-refractivity contribution is 5.49. The minimum Gasteiger partial charge on any atom is -0.392 e. The van der Waals surface area contributed by atoms with Crippen molar-refractivity contribution in [3.8, 4) is 0 Å². The third-order valence-corrected chi connectivity index (χ3v) is 1.07. The van der Waals surface area contributed by atoms with E-state index in [0.717, 1.165) is 11.9 Å². The smallest absolute Gasteiger partial charge is 0.120 e. The van der Waals surface area contributed by atoms with Crippen LogP contribution >= 0.6 is 0 Å². The van der Waals surface area contributed by atoms with E-state index in [1.54, 1.807) is 6.08 Å². The molecule has 0 aromatic carbocycles. The van der Waals surface area contributed by atoms with Crippen LogP contribution in [0.5, 0.6) is 0 Å². The van der Waals surface area contributed by atoms with Crippen LogP contribution < -0.4 is 0 Å². The normalized spacial score (nSPS) is 8.50. The van der Waals surface area contributed by atoms with E-state index in [1.165, 1.54) is 0 Å². The number of hydrogen-bond acceptors (Lipinski definition) is 2. The summed E-state index contributed by atoms with van der Waals surface area (Å²) < 4.78 is 0. The second-order valence-corrected chi connectivity index (χ2v) is 3.26. The fraction of sp³-hybridized carbons (Fsp3) is 0.700. The molecule has 0 aliphatic rings. The molecule has 0 saturated carbocycles. The quantitative estimate of drug-likeness (QED) is 0.523. The summed E-state index contributed by atoms with van der Waals surface area (Å²) in [6.45, 7) is 8.12. The average molecular weight is 172 g/mol. The Hall–Kier alpha value is -0.630. The molecular weight excluding hydrogens is 152 g/mol. The number of carbonyl (C=O) groups excluding carboxylic acids is 1. The van der Waals surface area contributed by atoms with Crippen LogP contribution in [0.15, 0.2) is 11.6 Å². The Kier molecular flexibility index (Phi) is 12.0. The lowest BCUT2D eigenvalue weighted by atomic mass is 10.2. The van der Waals surface area contributed by atoms with Gasteiger partial charge in [0.2, 0.25) is 0 Å². The standard InChI is InChI=1S/2C5H10O/c2*1-5(2)3-4-6/h4-5H,3H2,1-2H3;3,6H,4H2,1-2H3. The Bertz CT molecular complexity index is 122. The van der Waals surface area contributed by atoms with Gasteiger partial charge in [0, 0.05) is 6.42 Å². The van der Waals surface area contributed by atoms with Crippen LogP contribution in [-0.4, -0.2) is 18.0 Å². The van der Waals surface area contributed by atoms with E-state index in [0.29, 0.717) is 12.3 Å². The fourth-order valence-electron chi connectivity index (χ4n) is 0.375. The molecule has 12 heavy (non-hydrogen) atoms. The van der Waals surface area contributed by atoms with Crippen LogP contribution in [-0.2, 0) is 4.79 Å². The van der Waals surface area contributed by atoms with E-state index in [4.69, 9.17) is 5.11 Å². The molecule has 0 aliphatic carbocycles. The highest BCUT2D eigenvalue weighted by Crippen LogP contribution is 1.92. The van der Waals surface area contributed by atoms with Crippen LogP contribution in [0.3, 0.4) is 0 Å². The maximum absolute atomic E-state index is 9.62. The number of aliphatic hydroxyl groups excluding tert-OH is 1. The number of aldehydes is 1. The molecule has 0 fully saturated rings. The monoisotopic (exact) mass is 172 g/mol. The Morgan fingerprint density at radius 1 is 1.42 bits per heavy atom. The van der Waals surface area contributed by atoms with Crippen molar-refractivity contribution in [2.24, 2.45) is 5.92 Å². The molecule has 0 aromatic rings. The maximum atomic E-state index is 9.62. The Morgan fingerprint density at radius 3 is 1.92 bits per heavy atom. The van der Waals surface area contributed by atoms with Gasteiger partial charge in [-0.15, -0.1) is 0 Å². The van der Waals surface area contributed by atoms with Gasteiger partial charge in [-0.3, -0.25) is 0 Å². The van der Waals surface area contributed by atoms with Crippen LogP contribution in [0.2, 0.25) is 0 Å². The van der Waals surface area contributed by atoms with Crippen molar-refractivity contribution in [3.05, 3.63) is 11.6 Å². The predicted molar refractivity (Wildman–Crippen MR) is 52.0 cm³/mol. The van der Waals surface area contributed by atoms with E-state index in [-0.39, 0.29) is 6.61 Å². The molecule has 2 nitrogen and oxygen atoms in total. The van der Waals surface area contributed by atoms with Gasteiger partial charge in [0.1, 0.15) is 6.29 Å². The Morgan fingerprint density at radius 2 is 1.92 bits per heavy atom. The van der Waals surface area contributed by atoms with Gasteiger partial charge in [-0.05, 0) is 19.8 Å². The third-order valence-electron chi connectivity index (χ3n) is 1.07. The van der Waals surface area contributed by atoms with E-state index < -0.39 is 0 Å². The molecule has 0 amide bonds. The van der Waals surface area contributed by atoms with Crippen molar-refractivity contribution in [1.29, 1.82) is 0 Å². The topological polar surface area (TPSA) is 37.3 Å². The highest BCUT2D eigenvalue weighted by atomic mass is 16.2. The molecule has 0 rings (SSSR count). The zero-order valence-electron chi connectivity index (χ0n) is 8.50. The lowest BCUT2D eigenvalue weighted by Crippen LogP contribution is -1.84. The summed E-state index contributed by atoms with van der Waals surface area (Å²) in [4.78, 5) is 9.62. The first-order valence-electron chi connectivity index (χ1n) is 4.22. The van der Waals surface area contributed by atoms with Gasteiger partial charge < -0.3 is 9.90 Å². The Labute approximate surface area is 75.3 Å². The summed E-state index contributed by atoms with van der Waals surface area (Å²) in [5, 5.41) is 8.16. The first kappa shape index (κ1) is 13.9. The maximum Gasteiger partial charge on any atom is 0.120 e. The Balaban J connectivity index is 0. The van der Waals surface area contributed by atoms with Gasteiger partial charge in [-0.2, -0.15) is 0 Å². The molecule has 0 aliphatic heterocycles. The van der Waals surface area contributed by atoms with Crippen molar-refractivity contribution in [2.75, 3.05) is 6.61 Å². The summed E-state index contributed by atoms with van der Waals surface area (Å²) in [6.07, 6.45) is 3.41. The molecule has 0 saturated heterocycles. The van der Waals surface area contributed by atoms with E-state index in [1.807, 2.05) is 27.7 Å². The molecule has 0 bridgehead atoms. The van der Waals surface area contributed by atoms with E-state index in [9.17, 15) is 4.79 Å². The van der Waals surface area contributed by atoms with Gasteiger partial charge in [0.25, 0.3) is 0 Å². The molecule has 0 unspecified atom stereocenters. The summed E-state index contributed by atoms with van der Waals surface area (Å²) >= 11 is 0. The third kappa shape index (κ3) is 22.8. The summed E-state index contributed by atoms with van der Waals surface area (Å²) in [7, 11) is 0. The van der Waals surface area contributed by atoms with E-state index in [2.05, 4.69) is 0 Å². The first-order chi connectivity index (χ1) is 5.54. The largest absolute Gasteiger partial charge is 0.392 e. The van der Waals surface area contributed by atoms with Crippen molar-refractivity contribution in [2.45, 2.75) is 34.1 Å². The van der Waals surface area contributed by atoms with Crippen molar-refractivity contribution in [3.63, 3.8) is 0 Å². The lowest BCUT2D eigenvalue weighted by Gasteiger charge is -1.89. The minimum atomic E-state index is 0.169. The van der Waals surface area contributed by atoms with Crippen molar-refractivity contribution >= 4 is 6.29 Å². The zero-order chi connectivity index (χ0) is 9.98. The first-order valence-corrected chi connectivity index (χ1v) is 4.22. The molecule has 2 heteroatoms. The lowest BCUT2D eigenvalue weighted by molar-refractivity contribution is -0.108. The molecule has 0 atom stereocenters. The van der Waals surface area contributed by atoms with Gasteiger partial charge in [0.15, 0.2) is 0 Å². The minimum absolute atomic E-state index is 0.169. The van der Waals surface area contributed by atoms with Crippen LogP contribution in [0.1, 0.15) is 34.1 Å². The molecule has 0 spiro atoms. The highest BCUT2D eigenvalue weighted by Gasteiger charge is 1.85. The van der Waals surface area contributed by atoms with Crippen LogP contribution in [0, 0.1) is 5.92 Å². The number of carbonyl (C=O) groups is 1. The van der Waals surface area contributed by atoms with Gasteiger partial charge in [-0.25, -0.2) is 0 Å². The summed E-state index contributed by atoms with van der Waals surface area (Å²) in [6, 6.07) is 0. The molecule has 0 radical (unpaired) electrons. The van der Waals surface area contributed by atoms with Gasteiger partial charge >= 0.3 is 0 Å². The van der Waals surface area contributed by atoms with Crippen LogP contribution in [0.25, 0.3) is 0 Å². The van der Waals surface area contributed by atoms with Crippen LogP contribution in [0.4, 0.5) is 0 Å². The number of rotatable bonds is 3. The molecule has 72 valence electrons. The molecular formula is C10H20O2.